The predicted octanol–water partition coefficient (Wildman–Crippen LogP) is -2.55. The van der Waals surface area contributed by atoms with Gasteiger partial charge in [-0.25, -0.2) is 4.79 Å². The van der Waals surface area contributed by atoms with E-state index < -0.39 is 60.2 Å². The first-order valence-corrected chi connectivity index (χ1v) is 12.7. The third-order valence-electron chi connectivity index (χ3n) is 4.62. The summed E-state index contributed by atoms with van der Waals surface area (Å²) in [6, 6.07) is -4.62. The average molecular weight is 538 g/mol. The Morgan fingerprint density at radius 3 is 1.94 bits per heavy atom. The van der Waals surface area contributed by atoms with Gasteiger partial charge in [0.1, 0.15) is 18.1 Å². The first kappa shape index (κ1) is 32.3. The van der Waals surface area contributed by atoms with Gasteiger partial charge >= 0.3 is 11.9 Å². The first-order chi connectivity index (χ1) is 16.4. The van der Waals surface area contributed by atoms with E-state index in [0.717, 1.165) is 0 Å². The van der Waals surface area contributed by atoms with Crippen LogP contribution in [0.5, 0.6) is 0 Å². The molecule has 0 aliphatic carbocycles. The van der Waals surface area contributed by atoms with Crippen molar-refractivity contribution < 1.29 is 34.2 Å². The standard InChI is InChI=1S/C19H35N7O7S2/c1-35-8-6-12(17(31)26-13(18(32)33)4-5-14(27)28)25-16(30)11(3-2-7-23-19(21)22)24-15(29)10(20)9-34/h10-13,34H,2-9,20H2,1H3,(H,24,29)(H,25,30)(H,26,31)(H,27,28)(H,32,33)(H4,21,22,23). The topological polar surface area (TPSA) is 252 Å². The van der Waals surface area contributed by atoms with Crippen LogP contribution in [0, 0.1) is 0 Å². The number of aliphatic carboxylic acids is 2. The summed E-state index contributed by atoms with van der Waals surface area (Å²) in [5.41, 5.74) is 16.2. The molecule has 0 spiro atoms. The van der Waals surface area contributed by atoms with Crippen molar-refractivity contribution in [1.29, 1.82) is 0 Å². The van der Waals surface area contributed by atoms with Crippen molar-refractivity contribution in [3.63, 3.8) is 0 Å². The van der Waals surface area contributed by atoms with E-state index in [4.69, 9.17) is 22.3 Å². The SMILES string of the molecule is CSCCC(NC(=O)C(CCCN=C(N)N)NC(=O)C(N)CS)C(=O)NC(CCC(=O)O)C(=O)O. The average Bonchev–Trinajstić information content (AvgIpc) is 2.79. The largest absolute Gasteiger partial charge is 0.481 e. The molecule has 4 unspecified atom stereocenters. The summed E-state index contributed by atoms with van der Waals surface area (Å²) in [5, 5.41) is 25.4. The van der Waals surface area contributed by atoms with E-state index in [9.17, 15) is 29.1 Å². The zero-order valence-electron chi connectivity index (χ0n) is 19.4. The molecule has 0 radical (unpaired) electrons. The molecule has 0 bridgehead atoms. The number of carboxylic acids is 2. The molecule has 0 saturated carbocycles. The van der Waals surface area contributed by atoms with Crippen LogP contribution in [0.1, 0.15) is 32.1 Å². The Labute approximate surface area is 213 Å². The third-order valence-corrected chi connectivity index (χ3v) is 5.65. The van der Waals surface area contributed by atoms with E-state index in [1.165, 1.54) is 11.8 Å². The minimum absolute atomic E-state index is 0.0415. The molecule has 0 aromatic heterocycles. The molecule has 3 amide bonds. The maximum absolute atomic E-state index is 13.0. The molecule has 0 aromatic carbocycles. The fourth-order valence-electron chi connectivity index (χ4n) is 2.71. The summed E-state index contributed by atoms with van der Waals surface area (Å²) in [7, 11) is 0. The lowest BCUT2D eigenvalue weighted by Gasteiger charge is -2.25. The van der Waals surface area contributed by atoms with Gasteiger partial charge in [0.05, 0.1) is 6.04 Å². The van der Waals surface area contributed by atoms with Crippen molar-refractivity contribution >= 4 is 60.0 Å². The number of hydrogen-bond donors (Lipinski definition) is 9. The molecular formula is C19H35N7O7S2. The second kappa shape index (κ2) is 17.7. The van der Waals surface area contributed by atoms with Gasteiger partial charge in [-0.15, -0.1) is 0 Å². The van der Waals surface area contributed by atoms with Crippen molar-refractivity contribution in [2.75, 3.05) is 24.3 Å². The number of carbonyl (C=O) groups excluding carboxylic acids is 3. The van der Waals surface area contributed by atoms with Crippen LogP contribution in [0.15, 0.2) is 4.99 Å². The summed E-state index contributed by atoms with van der Waals surface area (Å²) in [6.07, 6.45) is 1.61. The van der Waals surface area contributed by atoms with Gasteiger partial charge in [-0.1, -0.05) is 0 Å². The summed E-state index contributed by atoms with van der Waals surface area (Å²) in [4.78, 5) is 64.0. The predicted molar refractivity (Wildman–Crippen MR) is 135 cm³/mol. The quantitative estimate of drug-likeness (QED) is 0.0381. The molecule has 35 heavy (non-hydrogen) atoms. The van der Waals surface area contributed by atoms with Crippen LogP contribution in [-0.4, -0.2) is 94.3 Å². The van der Waals surface area contributed by atoms with E-state index in [2.05, 4.69) is 33.6 Å². The minimum Gasteiger partial charge on any atom is -0.481 e. The second-order valence-corrected chi connectivity index (χ2v) is 8.82. The molecule has 14 nitrogen and oxygen atoms in total. The van der Waals surface area contributed by atoms with Gasteiger partial charge in [0.15, 0.2) is 5.96 Å². The summed E-state index contributed by atoms with van der Waals surface area (Å²) in [6.45, 7) is 0.195. The highest BCUT2D eigenvalue weighted by molar-refractivity contribution is 7.98. The Balaban J connectivity index is 5.50. The third kappa shape index (κ3) is 14.3. The minimum atomic E-state index is -1.45. The van der Waals surface area contributed by atoms with Crippen LogP contribution in [-0.2, 0) is 24.0 Å². The number of nitrogens with zero attached hydrogens (tertiary/aromatic N) is 1. The Morgan fingerprint density at radius 1 is 0.914 bits per heavy atom. The monoisotopic (exact) mass is 537 g/mol. The molecular weight excluding hydrogens is 502 g/mol. The Morgan fingerprint density at radius 2 is 1.46 bits per heavy atom. The van der Waals surface area contributed by atoms with E-state index in [1.807, 2.05) is 0 Å². The molecule has 0 heterocycles. The number of nitrogens with one attached hydrogen (secondary N) is 3. The number of carbonyl (C=O) groups is 5. The molecule has 0 saturated heterocycles. The Kier molecular flexibility index (Phi) is 16.3. The number of amides is 3. The Bertz CT molecular complexity index is 766. The van der Waals surface area contributed by atoms with Gasteiger partial charge in [-0.05, 0) is 37.7 Å². The number of rotatable bonds is 18. The maximum Gasteiger partial charge on any atom is 0.326 e. The number of carboxylic acid groups (broad SMARTS) is 2. The normalized spacial score (nSPS) is 14.0. The summed E-state index contributed by atoms with van der Waals surface area (Å²) in [5.74, 6) is -4.34. The van der Waals surface area contributed by atoms with Crippen LogP contribution >= 0.6 is 24.4 Å². The van der Waals surface area contributed by atoms with E-state index in [-0.39, 0.29) is 37.5 Å². The smallest absolute Gasteiger partial charge is 0.326 e. The molecule has 4 atom stereocenters. The maximum atomic E-state index is 13.0. The molecule has 0 fully saturated rings. The van der Waals surface area contributed by atoms with E-state index >= 15 is 0 Å². The van der Waals surface area contributed by atoms with Crippen LogP contribution in [0.25, 0.3) is 0 Å². The summed E-state index contributed by atoms with van der Waals surface area (Å²) < 4.78 is 0. The molecule has 200 valence electrons. The van der Waals surface area contributed by atoms with E-state index in [0.29, 0.717) is 12.2 Å². The van der Waals surface area contributed by atoms with Crippen LogP contribution in [0.4, 0.5) is 0 Å². The van der Waals surface area contributed by atoms with Crippen molar-refractivity contribution in [3.8, 4) is 0 Å². The highest BCUT2D eigenvalue weighted by Crippen LogP contribution is 2.07. The number of nitrogens with two attached hydrogens (primary N) is 3. The lowest BCUT2D eigenvalue weighted by Crippen LogP contribution is -2.57. The number of thiol groups is 1. The number of thioether (sulfide) groups is 1. The molecule has 0 rings (SSSR count). The second-order valence-electron chi connectivity index (χ2n) is 7.47. The van der Waals surface area contributed by atoms with Crippen LogP contribution < -0.4 is 33.2 Å². The van der Waals surface area contributed by atoms with Gasteiger partial charge in [0, 0.05) is 18.7 Å². The molecule has 0 aromatic rings. The highest BCUT2D eigenvalue weighted by atomic mass is 32.2. The summed E-state index contributed by atoms with van der Waals surface area (Å²) >= 11 is 5.37. The first-order valence-electron chi connectivity index (χ1n) is 10.7. The number of hydrogen-bond acceptors (Lipinski definition) is 9. The van der Waals surface area contributed by atoms with E-state index in [1.54, 1.807) is 6.26 Å². The fourth-order valence-corrected chi connectivity index (χ4v) is 3.35. The van der Waals surface area contributed by atoms with Crippen molar-refractivity contribution in [2.24, 2.45) is 22.2 Å². The molecule has 0 aliphatic rings. The molecule has 0 aliphatic heterocycles. The number of guanidine groups is 1. The zero-order chi connectivity index (χ0) is 27.0. The van der Waals surface area contributed by atoms with Gasteiger partial charge in [0.2, 0.25) is 17.7 Å². The van der Waals surface area contributed by atoms with Gasteiger partial charge in [0.25, 0.3) is 0 Å². The highest BCUT2D eigenvalue weighted by Gasteiger charge is 2.30. The van der Waals surface area contributed by atoms with Gasteiger partial charge in [-0.3, -0.25) is 24.2 Å². The van der Waals surface area contributed by atoms with Crippen molar-refractivity contribution in [1.82, 2.24) is 16.0 Å². The van der Waals surface area contributed by atoms with Crippen molar-refractivity contribution in [3.05, 3.63) is 0 Å². The van der Waals surface area contributed by atoms with Crippen LogP contribution in [0.2, 0.25) is 0 Å². The molecule has 16 heteroatoms. The van der Waals surface area contributed by atoms with Gasteiger partial charge < -0.3 is 43.4 Å². The van der Waals surface area contributed by atoms with Crippen LogP contribution in [0.3, 0.4) is 0 Å². The zero-order valence-corrected chi connectivity index (χ0v) is 21.1. The lowest BCUT2D eigenvalue weighted by molar-refractivity contribution is -0.143. The fraction of sp³-hybridized carbons (Fsp3) is 0.684. The van der Waals surface area contributed by atoms with Gasteiger partial charge in [-0.2, -0.15) is 24.4 Å². The Hall–Kier alpha value is -2.72. The lowest BCUT2D eigenvalue weighted by atomic mass is 10.1. The number of aliphatic imine (C=N–C) groups is 1. The molecule has 11 N–H and O–H groups in total. The van der Waals surface area contributed by atoms with Crippen molar-refractivity contribution in [2.45, 2.75) is 56.3 Å².